The van der Waals surface area contributed by atoms with Gasteiger partial charge in [0.2, 0.25) is 5.91 Å². The molecule has 1 aromatic carbocycles. The fourth-order valence-corrected chi connectivity index (χ4v) is 6.06. The molecule has 0 saturated carbocycles. The zero-order valence-electron chi connectivity index (χ0n) is 23.8. The van der Waals surface area contributed by atoms with Crippen molar-refractivity contribution in [2.24, 2.45) is 0 Å². The molecule has 0 atom stereocenters. The third-order valence-corrected chi connectivity index (χ3v) is 8.34. The Hall–Kier alpha value is -4.19. The van der Waals surface area contributed by atoms with E-state index in [0.29, 0.717) is 28.5 Å². The second-order valence-corrected chi connectivity index (χ2v) is 11.0. The lowest BCUT2D eigenvalue weighted by molar-refractivity contribution is -0.143. The summed E-state index contributed by atoms with van der Waals surface area (Å²) in [6, 6.07) is 14.6. The van der Waals surface area contributed by atoms with Crippen molar-refractivity contribution in [1.29, 1.82) is 0 Å². The molecule has 1 saturated heterocycles. The van der Waals surface area contributed by atoms with Crippen molar-refractivity contribution in [2.75, 3.05) is 19.7 Å². The quantitative estimate of drug-likeness (QED) is 0.192. The van der Waals surface area contributed by atoms with Crippen LogP contribution in [0.5, 0.6) is 5.75 Å². The third-order valence-electron chi connectivity index (χ3n) is 7.36. The molecule has 3 aromatic heterocycles. The molecule has 4 aromatic rings. The summed E-state index contributed by atoms with van der Waals surface area (Å²) in [6.45, 7) is 5.13. The van der Waals surface area contributed by atoms with E-state index in [1.165, 1.54) is 29.9 Å². The first-order chi connectivity index (χ1) is 20.7. The minimum atomic E-state index is -4.86. The highest BCUT2D eigenvalue weighted by molar-refractivity contribution is 7.13. The summed E-state index contributed by atoms with van der Waals surface area (Å²) in [5.41, 5.74) is 0.589. The first-order valence-electron chi connectivity index (χ1n) is 14.1. The van der Waals surface area contributed by atoms with Crippen LogP contribution in [0.3, 0.4) is 0 Å². The van der Waals surface area contributed by atoms with Gasteiger partial charge in [-0.2, -0.15) is 18.3 Å². The number of esters is 1. The molecule has 8 nitrogen and oxygen atoms in total. The third kappa shape index (κ3) is 6.74. The van der Waals surface area contributed by atoms with Gasteiger partial charge in [-0.1, -0.05) is 25.1 Å². The van der Waals surface area contributed by atoms with Gasteiger partial charge in [-0.25, -0.2) is 14.5 Å². The monoisotopic (exact) mass is 612 g/mol. The molecule has 0 aliphatic carbocycles. The van der Waals surface area contributed by atoms with Crippen molar-refractivity contribution in [1.82, 2.24) is 19.7 Å². The van der Waals surface area contributed by atoms with E-state index < -0.39 is 23.4 Å². The molecular weight excluding hydrogens is 581 g/mol. The molecule has 0 unspecified atom stereocenters. The van der Waals surface area contributed by atoms with Crippen molar-refractivity contribution in [3.63, 3.8) is 0 Å². The normalized spacial score (nSPS) is 14.1. The lowest BCUT2D eigenvalue weighted by Gasteiger charge is -2.32. The molecule has 43 heavy (non-hydrogen) atoms. The van der Waals surface area contributed by atoms with Crippen LogP contribution in [0.2, 0.25) is 0 Å². The zero-order valence-corrected chi connectivity index (χ0v) is 24.6. The maximum absolute atomic E-state index is 14.0. The van der Waals surface area contributed by atoms with Gasteiger partial charge in [-0.05, 0) is 67.0 Å². The van der Waals surface area contributed by atoms with Gasteiger partial charge in [0.05, 0.1) is 23.4 Å². The second kappa shape index (κ2) is 13.0. The molecule has 1 fully saturated rings. The summed E-state index contributed by atoms with van der Waals surface area (Å²) >= 11 is 1.40. The number of piperidine rings is 1. The Labute approximate surface area is 251 Å². The van der Waals surface area contributed by atoms with Crippen molar-refractivity contribution < 1.29 is 32.2 Å². The van der Waals surface area contributed by atoms with Crippen LogP contribution in [0.15, 0.2) is 60.1 Å². The molecule has 0 N–H and O–H groups in total. The summed E-state index contributed by atoms with van der Waals surface area (Å²) in [4.78, 5) is 31.3. The molecule has 4 heterocycles. The van der Waals surface area contributed by atoms with Gasteiger partial charge in [0.25, 0.3) is 0 Å². The van der Waals surface area contributed by atoms with Crippen molar-refractivity contribution in [3.05, 3.63) is 82.5 Å². The largest absolute Gasteiger partial charge is 0.489 e. The van der Waals surface area contributed by atoms with Crippen LogP contribution < -0.4 is 4.74 Å². The first kappa shape index (κ1) is 30.3. The highest BCUT2D eigenvalue weighted by Gasteiger charge is 2.41. The number of amides is 1. The molecule has 226 valence electrons. The number of halogens is 3. The van der Waals surface area contributed by atoms with E-state index in [9.17, 15) is 22.8 Å². The van der Waals surface area contributed by atoms with Crippen LogP contribution in [-0.2, 0) is 22.3 Å². The Morgan fingerprint density at radius 3 is 2.47 bits per heavy atom. The number of nitrogens with zero attached hydrogens (tertiary/aromatic N) is 4. The van der Waals surface area contributed by atoms with Crippen LogP contribution in [0.25, 0.3) is 16.4 Å². The minimum absolute atomic E-state index is 0.0654. The van der Waals surface area contributed by atoms with Gasteiger partial charge in [0, 0.05) is 25.1 Å². The van der Waals surface area contributed by atoms with Crippen LogP contribution in [0.4, 0.5) is 13.2 Å². The molecule has 1 aliphatic heterocycles. The second-order valence-electron chi connectivity index (χ2n) is 10.1. The molecule has 12 heteroatoms. The summed E-state index contributed by atoms with van der Waals surface area (Å²) in [6.07, 6.45) is -1.61. The highest BCUT2D eigenvalue weighted by Crippen LogP contribution is 2.35. The fourth-order valence-electron chi connectivity index (χ4n) is 5.18. The van der Waals surface area contributed by atoms with Gasteiger partial charge >= 0.3 is 12.1 Å². The number of carbonyl (C=O) groups excluding carboxylic acids is 2. The molecule has 0 radical (unpaired) electrons. The number of likely N-dealkylation sites (tertiary alicyclic amines) is 1. The topological polar surface area (TPSA) is 86.5 Å². The lowest BCUT2D eigenvalue weighted by atomic mass is 9.89. The van der Waals surface area contributed by atoms with Crippen LogP contribution >= 0.6 is 11.3 Å². The zero-order chi connectivity index (χ0) is 30.6. The van der Waals surface area contributed by atoms with Crippen molar-refractivity contribution in [2.45, 2.75) is 51.8 Å². The summed E-state index contributed by atoms with van der Waals surface area (Å²) in [5, 5.41) is 5.70. The number of hydrogen-bond donors (Lipinski definition) is 0. The summed E-state index contributed by atoms with van der Waals surface area (Å²) < 4.78 is 53.4. The van der Waals surface area contributed by atoms with Gasteiger partial charge in [0.1, 0.15) is 17.9 Å². The molecule has 5 rings (SSSR count). The standard InChI is InChI=1S/C31H31F3N4O4S/c1-3-27(39)37-15-12-21(13-16-37)20-8-10-23(11-9-20)42-19-22-14-17-43-28(22)25-6-5-7-26(36-25)38-29(31(32,33)34)24(18-35-38)30(40)41-4-2/h5-11,14,17-18,21H,3-4,12-13,15-16,19H2,1-2H3. The maximum atomic E-state index is 14.0. The van der Waals surface area contributed by atoms with E-state index in [0.717, 1.165) is 42.6 Å². The Kier molecular flexibility index (Phi) is 9.14. The van der Waals surface area contributed by atoms with E-state index >= 15 is 0 Å². The number of hydrogen-bond acceptors (Lipinski definition) is 7. The first-order valence-corrected chi connectivity index (χ1v) is 14.9. The molecule has 0 spiro atoms. The van der Waals surface area contributed by atoms with Gasteiger partial charge in [0.15, 0.2) is 11.5 Å². The predicted molar refractivity (Wildman–Crippen MR) is 155 cm³/mol. The Morgan fingerprint density at radius 2 is 1.79 bits per heavy atom. The van der Waals surface area contributed by atoms with Crippen LogP contribution in [0.1, 0.15) is 66.2 Å². The van der Waals surface area contributed by atoms with Crippen LogP contribution in [-0.4, -0.2) is 51.2 Å². The average molecular weight is 613 g/mol. The number of benzene rings is 1. The van der Waals surface area contributed by atoms with Gasteiger partial charge in [-0.15, -0.1) is 11.3 Å². The summed E-state index contributed by atoms with van der Waals surface area (Å²) in [5.74, 6) is 0.113. The van der Waals surface area contributed by atoms with E-state index in [2.05, 4.69) is 22.2 Å². The smallest absolute Gasteiger partial charge is 0.434 e. The maximum Gasteiger partial charge on any atom is 0.434 e. The number of carbonyl (C=O) groups is 2. The van der Waals surface area contributed by atoms with Gasteiger partial charge < -0.3 is 14.4 Å². The Balaban J connectivity index is 1.29. The number of aromatic nitrogens is 3. The van der Waals surface area contributed by atoms with E-state index in [1.807, 2.05) is 35.4 Å². The van der Waals surface area contributed by atoms with E-state index in [4.69, 9.17) is 9.47 Å². The molecule has 0 bridgehead atoms. The Bertz CT molecular complexity index is 1570. The Morgan fingerprint density at radius 1 is 1.05 bits per heavy atom. The molecule has 1 amide bonds. The van der Waals surface area contributed by atoms with Gasteiger partial charge in [-0.3, -0.25) is 4.79 Å². The fraction of sp³-hybridized carbons (Fsp3) is 0.355. The number of rotatable bonds is 9. The lowest BCUT2D eigenvalue weighted by Crippen LogP contribution is -2.37. The van der Waals surface area contributed by atoms with E-state index in [1.54, 1.807) is 12.1 Å². The molecule has 1 aliphatic rings. The van der Waals surface area contributed by atoms with Crippen LogP contribution in [0, 0.1) is 0 Å². The SMILES string of the molecule is CCOC(=O)c1cnn(-c2cccc(-c3sccc3COc3ccc(C4CCN(C(=O)CC)CC4)cc3)n2)c1C(F)(F)F. The highest BCUT2D eigenvalue weighted by atomic mass is 32.1. The van der Waals surface area contributed by atoms with E-state index in [-0.39, 0.29) is 24.9 Å². The predicted octanol–water partition coefficient (Wildman–Crippen LogP) is 6.89. The number of alkyl halides is 3. The summed E-state index contributed by atoms with van der Waals surface area (Å²) in [7, 11) is 0. The van der Waals surface area contributed by atoms with Crippen molar-refractivity contribution >= 4 is 23.2 Å². The number of ether oxygens (including phenoxy) is 2. The van der Waals surface area contributed by atoms with Crippen molar-refractivity contribution in [3.8, 4) is 22.1 Å². The number of thiophene rings is 1. The average Bonchev–Trinajstić information content (AvgIpc) is 3.68. The number of pyridine rings is 1. The molecular formula is C31H31F3N4O4S. The minimum Gasteiger partial charge on any atom is -0.489 e.